The minimum Gasteiger partial charge on any atom is -0.389 e. The van der Waals surface area contributed by atoms with Gasteiger partial charge in [0.15, 0.2) is 0 Å². The summed E-state index contributed by atoms with van der Waals surface area (Å²) in [6.07, 6.45) is -0.326. The Morgan fingerprint density at radius 2 is 2.00 bits per heavy atom. The van der Waals surface area contributed by atoms with Crippen LogP contribution in [-0.4, -0.2) is 42.4 Å². The van der Waals surface area contributed by atoms with E-state index < -0.39 is 11.6 Å². The molecule has 17 heavy (non-hydrogen) atoms. The van der Waals surface area contributed by atoms with Crippen molar-refractivity contribution in [3.05, 3.63) is 0 Å². The lowest BCUT2D eigenvalue weighted by molar-refractivity contribution is -0.119. The summed E-state index contributed by atoms with van der Waals surface area (Å²) in [5.74, 6) is 0.106. The van der Waals surface area contributed by atoms with Crippen LogP contribution in [0.2, 0.25) is 0 Å². The van der Waals surface area contributed by atoms with Gasteiger partial charge in [0.1, 0.15) is 0 Å². The molecule has 1 unspecified atom stereocenters. The number of aliphatic hydroxyl groups is 1. The Morgan fingerprint density at radius 3 is 2.47 bits per heavy atom. The molecule has 0 radical (unpaired) electrons. The van der Waals surface area contributed by atoms with Crippen molar-refractivity contribution in [1.82, 2.24) is 5.32 Å². The van der Waals surface area contributed by atoms with Crippen molar-refractivity contribution >= 4 is 5.91 Å². The monoisotopic (exact) mass is 246 g/mol. The second-order valence-electron chi connectivity index (χ2n) is 5.49. The molecular weight excluding hydrogens is 220 g/mol. The number of aliphatic hydroxyl groups excluding tert-OH is 1. The molecule has 102 valence electrons. The first-order chi connectivity index (χ1) is 7.73. The second kappa shape index (κ2) is 7.63. The van der Waals surface area contributed by atoms with Crippen LogP contribution in [-0.2, 0) is 9.53 Å². The van der Waals surface area contributed by atoms with Crippen LogP contribution in [0.3, 0.4) is 0 Å². The number of amides is 1. The Morgan fingerprint density at radius 1 is 1.41 bits per heavy atom. The summed E-state index contributed by atoms with van der Waals surface area (Å²) >= 11 is 0. The van der Waals surface area contributed by atoms with Gasteiger partial charge in [-0.15, -0.1) is 0 Å². The minimum absolute atomic E-state index is 0.243. The van der Waals surface area contributed by atoms with Gasteiger partial charge in [-0.25, -0.2) is 0 Å². The van der Waals surface area contributed by atoms with Crippen LogP contribution in [0.1, 0.15) is 34.1 Å². The minimum atomic E-state index is -0.569. The van der Waals surface area contributed by atoms with Crippen LogP contribution in [0.25, 0.3) is 0 Å². The molecule has 0 saturated carbocycles. The molecule has 0 aliphatic carbocycles. The normalized spacial score (nSPS) is 14.0. The lowest BCUT2D eigenvalue weighted by atomic mass is 10.0. The molecule has 0 saturated heterocycles. The maximum atomic E-state index is 10.8. The summed E-state index contributed by atoms with van der Waals surface area (Å²) in [5.41, 5.74) is 4.73. The van der Waals surface area contributed by atoms with Crippen molar-refractivity contribution in [3.63, 3.8) is 0 Å². The summed E-state index contributed by atoms with van der Waals surface area (Å²) in [6.45, 7) is 9.19. The first-order valence-electron chi connectivity index (χ1n) is 6.02. The molecule has 0 fully saturated rings. The molecule has 4 N–H and O–H groups in total. The van der Waals surface area contributed by atoms with Gasteiger partial charge < -0.3 is 20.9 Å². The van der Waals surface area contributed by atoms with Gasteiger partial charge in [-0.05, 0) is 19.8 Å². The number of primary amides is 1. The topological polar surface area (TPSA) is 84.6 Å². The number of rotatable bonds is 9. The predicted octanol–water partition coefficient (Wildman–Crippen LogP) is 0.264. The van der Waals surface area contributed by atoms with E-state index in [2.05, 4.69) is 19.2 Å². The van der Waals surface area contributed by atoms with Gasteiger partial charge in [-0.3, -0.25) is 4.79 Å². The molecule has 0 spiro atoms. The molecule has 5 heteroatoms. The lowest BCUT2D eigenvalue weighted by Crippen LogP contribution is -2.46. The van der Waals surface area contributed by atoms with Gasteiger partial charge in [-0.1, -0.05) is 13.8 Å². The van der Waals surface area contributed by atoms with Gasteiger partial charge in [-0.2, -0.15) is 0 Å². The van der Waals surface area contributed by atoms with Crippen molar-refractivity contribution in [3.8, 4) is 0 Å². The molecule has 0 aromatic rings. The van der Waals surface area contributed by atoms with E-state index in [-0.39, 0.29) is 12.3 Å². The third kappa shape index (κ3) is 10.2. The number of nitrogens with one attached hydrogen (secondary N) is 1. The number of hydrogen-bond donors (Lipinski definition) is 3. The van der Waals surface area contributed by atoms with Gasteiger partial charge in [0.25, 0.3) is 0 Å². The average molecular weight is 246 g/mol. The quantitative estimate of drug-likeness (QED) is 0.545. The molecule has 0 aliphatic rings. The van der Waals surface area contributed by atoms with Gasteiger partial charge in [0, 0.05) is 25.1 Å². The zero-order chi connectivity index (χ0) is 13.5. The number of ether oxygens (including phenoxy) is 1. The largest absolute Gasteiger partial charge is 0.389 e. The first kappa shape index (κ1) is 16.4. The summed E-state index contributed by atoms with van der Waals surface area (Å²) in [6, 6.07) is 0. The van der Waals surface area contributed by atoms with Crippen LogP contribution in [0, 0.1) is 5.92 Å². The van der Waals surface area contributed by atoms with E-state index in [9.17, 15) is 9.90 Å². The second-order valence-corrected chi connectivity index (χ2v) is 5.49. The smallest absolute Gasteiger partial charge is 0.219 e. The molecule has 0 aliphatic heterocycles. The highest BCUT2D eigenvalue weighted by Crippen LogP contribution is 2.07. The van der Waals surface area contributed by atoms with Crippen LogP contribution < -0.4 is 11.1 Å². The van der Waals surface area contributed by atoms with Crippen LogP contribution in [0.5, 0.6) is 0 Å². The first-order valence-corrected chi connectivity index (χ1v) is 6.02. The van der Waals surface area contributed by atoms with E-state index in [1.165, 1.54) is 0 Å². The van der Waals surface area contributed by atoms with Gasteiger partial charge >= 0.3 is 0 Å². The standard InChI is InChI=1S/C12H26N2O3/c1-9(2)7-17-8-10(15)6-14-12(3,4)5-11(13)16/h9-10,14-15H,5-8H2,1-4H3,(H2,13,16). The van der Waals surface area contributed by atoms with Crippen molar-refractivity contribution in [2.75, 3.05) is 19.8 Å². The Hall–Kier alpha value is -0.650. The molecule has 0 bridgehead atoms. The fraction of sp³-hybridized carbons (Fsp3) is 0.917. The summed E-state index contributed by atoms with van der Waals surface area (Å²) < 4.78 is 5.32. The molecule has 1 atom stereocenters. The number of β-amino-alcohol motifs (C(OH)–C–C–N with tert-alkyl or cyclic N) is 1. The van der Waals surface area contributed by atoms with Crippen molar-refractivity contribution in [1.29, 1.82) is 0 Å². The number of carbonyl (C=O) groups is 1. The fourth-order valence-corrected chi connectivity index (χ4v) is 1.39. The zero-order valence-electron chi connectivity index (χ0n) is 11.3. The molecular formula is C12H26N2O3. The zero-order valence-corrected chi connectivity index (χ0v) is 11.3. The van der Waals surface area contributed by atoms with Crippen LogP contribution >= 0.6 is 0 Å². The SMILES string of the molecule is CC(C)COCC(O)CNC(C)(C)CC(N)=O. The molecule has 0 rings (SSSR count). The summed E-state index contributed by atoms with van der Waals surface area (Å²) in [4.78, 5) is 10.8. The number of nitrogens with two attached hydrogens (primary N) is 1. The molecule has 5 nitrogen and oxygen atoms in total. The van der Waals surface area contributed by atoms with E-state index in [0.29, 0.717) is 25.7 Å². The van der Waals surface area contributed by atoms with E-state index in [4.69, 9.17) is 10.5 Å². The van der Waals surface area contributed by atoms with Crippen molar-refractivity contribution in [2.24, 2.45) is 11.7 Å². The number of carbonyl (C=O) groups excluding carboxylic acids is 1. The Bertz CT molecular complexity index is 230. The Kier molecular flexibility index (Phi) is 7.34. The van der Waals surface area contributed by atoms with Gasteiger partial charge in [0.2, 0.25) is 5.91 Å². The highest BCUT2D eigenvalue weighted by atomic mass is 16.5. The predicted molar refractivity (Wildman–Crippen MR) is 67.6 cm³/mol. The molecule has 0 aromatic heterocycles. The lowest BCUT2D eigenvalue weighted by Gasteiger charge is -2.26. The van der Waals surface area contributed by atoms with Crippen LogP contribution in [0.4, 0.5) is 0 Å². The molecule has 0 heterocycles. The highest BCUT2D eigenvalue weighted by molar-refractivity contribution is 5.74. The maximum Gasteiger partial charge on any atom is 0.219 e. The summed E-state index contributed by atoms with van der Waals surface area (Å²) in [5, 5.41) is 12.8. The van der Waals surface area contributed by atoms with Gasteiger partial charge in [0.05, 0.1) is 12.7 Å². The maximum absolute atomic E-state index is 10.8. The van der Waals surface area contributed by atoms with E-state index >= 15 is 0 Å². The third-order valence-electron chi connectivity index (χ3n) is 2.19. The number of hydrogen-bond acceptors (Lipinski definition) is 4. The summed E-state index contributed by atoms with van der Waals surface area (Å²) in [7, 11) is 0. The molecule has 1 amide bonds. The average Bonchev–Trinajstić information content (AvgIpc) is 2.12. The Labute approximate surface area is 104 Å². The third-order valence-corrected chi connectivity index (χ3v) is 2.19. The fourth-order valence-electron chi connectivity index (χ4n) is 1.39. The van der Waals surface area contributed by atoms with E-state index in [1.54, 1.807) is 0 Å². The van der Waals surface area contributed by atoms with E-state index in [0.717, 1.165) is 0 Å². The van der Waals surface area contributed by atoms with Crippen molar-refractivity contribution in [2.45, 2.75) is 45.8 Å². The van der Waals surface area contributed by atoms with E-state index in [1.807, 2.05) is 13.8 Å². The van der Waals surface area contributed by atoms with Crippen LogP contribution in [0.15, 0.2) is 0 Å². The van der Waals surface area contributed by atoms with Crippen molar-refractivity contribution < 1.29 is 14.6 Å². The Balaban J connectivity index is 3.74. The molecule has 0 aromatic carbocycles. The highest BCUT2D eigenvalue weighted by Gasteiger charge is 2.20.